The Labute approximate surface area is 125 Å². The summed E-state index contributed by atoms with van der Waals surface area (Å²) in [6.07, 6.45) is 2.18. The minimum atomic E-state index is -0.314. The Morgan fingerprint density at radius 3 is 2.62 bits per heavy atom. The minimum Gasteiger partial charge on any atom is -0.473 e. The van der Waals surface area contributed by atoms with Crippen LogP contribution in [0.4, 0.5) is 11.5 Å². The van der Waals surface area contributed by atoms with Gasteiger partial charge in [0.25, 0.3) is 0 Å². The Kier molecular flexibility index (Phi) is 4.88. The summed E-state index contributed by atoms with van der Waals surface area (Å²) in [7, 11) is 0. The van der Waals surface area contributed by atoms with Crippen molar-refractivity contribution in [1.82, 2.24) is 9.88 Å². The van der Waals surface area contributed by atoms with E-state index in [9.17, 15) is 4.79 Å². The van der Waals surface area contributed by atoms with Crippen molar-refractivity contribution >= 4 is 17.4 Å². The second kappa shape index (κ2) is 6.65. The number of carbonyl (C=O) groups excluding carboxylic acids is 1. The van der Waals surface area contributed by atoms with Crippen LogP contribution in [0, 0.1) is 0 Å². The molecule has 116 valence electrons. The molecule has 0 saturated carbocycles. The standard InChI is InChI=1S/C15H24N4O2/c1-10(2)21-14-12(16)6-7-13(18-14)17-11(3)15(20)19-8-4-5-9-19/h6-7,10-11H,4-5,8-9,16H2,1-3H3,(H,17,18). The number of amides is 1. The van der Waals surface area contributed by atoms with Crippen LogP contribution in [-0.4, -0.2) is 41.0 Å². The Bertz CT molecular complexity index is 498. The van der Waals surface area contributed by atoms with Crippen LogP contribution >= 0.6 is 0 Å². The van der Waals surface area contributed by atoms with Gasteiger partial charge in [-0.2, -0.15) is 4.98 Å². The van der Waals surface area contributed by atoms with Crippen molar-refractivity contribution in [3.05, 3.63) is 12.1 Å². The molecule has 1 aromatic heterocycles. The zero-order valence-electron chi connectivity index (χ0n) is 12.9. The monoisotopic (exact) mass is 292 g/mol. The number of nitrogens with two attached hydrogens (primary N) is 1. The summed E-state index contributed by atoms with van der Waals surface area (Å²) in [5.41, 5.74) is 6.33. The molecule has 3 N–H and O–H groups in total. The van der Waals surface area contributed by atoms with E-state index in [0.29, 0.717) is 17.4 Å². The van der Waals surface area contributed by atoms with E-state index < -0.39 is 0 Å². The Morgan fingerprint density at radius 2 is 2.00 bits per heavy atom. The third-order valence-corrected chi connectivity index (χ3v) is 3.39. The first-order valence-electron chi connectivity index (χ1n) is 7.46. The van der Waals surface area contributed by atoms with Crippen LogP contribution in [0.2, 0.25) is 0 Å². The first-order valence-corrected chi connectivity index (χ1v) is 7.46. The number of anilines is 2. The molecular weight excluding hydrogens is 268 g/mol. The molecule has 0 aliphatic carbocycles. The maximum absolute atomic E-state index is 12.3. The Balaban J connectivity index is 2.03. The van der Waals surface area contributed by atoms with E-state index in [-0.39, 0.29) is 18.1 Å². The number of aromatic nitrogens is 1. The molecule has 21 heavy (non-hydrogen) atoms. The molecule has 1 aromatic rings. The number of hydrogen-bond donors (Lipinski definition) is 2. The van der Waals surface area contributed by atoms with E-state index in [2.05, 4.69) is 10.3 Å². The van der Waals surface area contributed by atoms with E-state index in [1.807, 2.05) is 25.7 Å². The van der Waals surface area contributed by atoms with Crippen LogP contribution in [0.5, 0.6) is 5.88 Å². The lowest BCUT2D eigenvalue weighted by molar-refractivity contribution is -0.130. The molecular formula is C15H24N4O2. The van der Waals surface area contributed by atoms with Crippen LogP contribution in [-0.2, 0) is 4.79 Å². The molecule has 6 nitrogen and oxygen atoms in total. The number of nitrogen functional groups attached to an aromatic ring is 1. The van der Waals surface area contributed by atoms with Crippen molar-refractivity contribution < 1.29 is 9.53 Å². The number of pyridine rings is 1. The quantitative estimate of drug-likeness (QED) is 0.866. The molecule has 2 rings (SSSR count). The number of likely N-dealkylation sites (tertiary alicyclic amines) is 1. The molecule has 1 amide bonds. The summed E-state index contributed by atoms with van der Waals surface area (Å²) in [6.45, 7) is 7.38. The molecule has 1 atom stereocenters. The molecule has 2 heterocycles. The maximum Gasteiger partial charge on any atom is 0.244 e. The molecule has 1 fully saturated rings. The smallest absolute Gasteiger partial charge is 0.244 e. The average Bonchev–Trinajstić information content (AvgIpc) is 2.95. The molecule has 0 bridgehead atoms. The third-order valence-electron chi connectivity index (χ3n) is 3.39. The van der Waals surface area contributed by atoms with Gasteiger partial charge in [0.2, 0.25) is 11.8 Å². The highest BCUT2D eigenvalue weighted by Gasteiger charge is 2.23. The molecule has 0 spiro atoms. The molecule has 6 heteroatoms. The van der Waals surface area contributed by atoms with Crippen molar-refractivity contribution in [2.75, 3.05) is 24.1 Å². The van der Waals surface area contributed by atoms with Crippen LogP contribution in [0.1, 0.15) is 33.6 Å². The molecule has 0 radical (unpaired) electrons. The van der Waals surface area contributed by atoms with Gasteiger partial charge in [-0.1, -0.05) is 0 Å². The summed E-state index contributed by atoms with van der Waals surface area (Å²) in [5, 5.41) is 3.12. The number of rotatable bonds is 5. The van der Waals surface area contributed by atoms with Crippen LogP contribution in [0.25, 0.3) is 0 Å². The van der Waals surface area contributed by atoms with Gasteiger partial charge in [0.05, 0.1) is 11.8 Å². The molecule has 1 saturated heterocycles. The normalized spacial score (nSPS) is 16.1. The lowest BCUT2D eigenvalue weighted by Gasteiger charge is -2.22. The van der Waals surface area contributed by atoms with E-state index in [1.165, 1.54) is 0 Å². The highest BCUT2D eigenvalue weighted by molar-refractivity contribution is 5.84. The molecule has 1 aliphatic heterocycles. The van der Waals surface area contributed by atoms with Crippen molar-refractivity contribution in [1.29, 1.82) is 0 Å². The summed E-state index contributed by atoms with van der Waals surface area (Å²) in [5.74, 6) is 1.10. The lowest BCUT2D eigenvalue weighted by Crippen LogP contribution is -2.39. The van der Waals surface area contributed by atoms with E-state index in [4.69, 9.17) is 10.5 Å². The van der Waals surface area contributed by atoms with Crippen LogP contribution in [0.3, 0.4) is 0 Å². The second-order valence-electron chi connectivity index (χ2n) is 5.66. The number of hydrogen-bond acceptors (Lipinski definition) is 5. The molecule has 1 aliphatic rings. The van der Waals surface area contributed by atoms with Crippen LogP contribution < -0.4 is 15.8 Å². The van der Waals surface area contributed by atoms with Crippen LogP contribution in [0.15, 0.2) is 12.1 Å². The predicted octanol–water partition coefficient (Wildman–Crippen LogP) is 1.87. The Morgan fingerprint density at radius 1 is 1.33 bits per heavy atom. The highest BCUT2D eigenvalue weighted by Crippen LogP contribution is 2.22. The fourth-order valence-electron chi connectivity index (χ4n) is 2.34. The van der Waals surface area contributed by atoms with Gasteiger partial charge < -0.3 is 20.7 Å². The van der Waals surface area contributed by atoms with E-state index in [0.717, 1.165) is 25.9 Å². The Hall–Kier alpha value is -1.98. The summed E-state index contributed by atoms with van der Waals surface area (Å²) >= 11 is 0. The summed E-state index contributed by atoms with van der Waals surface area (Å²) < 4.78 is 5.56. The van der Waals surface area contributed by atoms with Gasteiger partial charge in [-0.25, -0.2) is 0 Å². The first-order chi connectivity index (χ1) is 9.97. The largest absolute Gasteiger partial charge is 0.473 e. The van der Waals surface area contributed by atoms with E-state index >= 15 is 0 Å². The fraction of sp³-hybridized carbons (Fsp3) is 0.600. The number of nitrogens with one attached hydrogen (secondary N) is 1. The SMILES string of the molecule is CC(C)Oc1nc(NC(C)C(=O)N2CCCC2)ccc1N. The third kappa shape index (κ3) is 4.00. The summed E-state index contributed by atoms with van der Waals surface area (Å²) in [4.78, 5) is 18.5. The maximum atomic E-state index is 12.3. The fourth-order valence-corrected chi connectivity index (χ4v) is 2.34. The van der Waals surface area contributed by atoms with Gasteiger partial charge >= 0.3 is 0 Å². The highest BCUT2D eigenvalue weighted by atomic mass is 16.5. The van der Waals surface area contributed by atoms with Gasteiger partial charge in [0.1, 0.15) is 11.9 Å². The second-order valence-corrected chi connectivity index (χ2v) is 5.66. The van der Waals surface area contributed by atoms with Crippen molar-refractivity contribution in [2.45, 2.75) is 45.8 Å². The minimum absolute atomic E-state index is 0.00120. The van der Waals surface area contributed by atoms with Gasteiger partial charge in [-0.3, -0.25) is 4.79 Å². The topological polar surface area (TPSA) is 80.5 Å². The van der Waals surface area contributed by atoms with Gasteiger partial charge in [-0.05, 0) is 45.7 Å². The molecule has 0 aromatic carbocycles. The average molecular weight is 292 g/mol. The number of carbonyl (C=O) groups is 1. The van der Waals surface area contributed by atoms with Gasteiger partial charge in [0, 0.05) is 13.1 Å². The molecule has 1 unspecified atom stereocenters. The number of nitrogens with zero attached hydrogens (tertiary/aromatic N) is 2. The summed E-state index contributed by atoms with van der Waals surface area (Å²) in [6, 6.07) is 3.18. The predicted molar refractivity (Wildman–Crippen MR) is 83.3 cm³/mol. The zero-order chi connectivity index (χ0) is 15.4. The lowest BCUT2D eigenvalue weighted by atomic mass is 10.3. The van der Waals surface area contributed by atoms with Gasteiger partial charge in [0.15, 0.2) is 0 Å². The van der Waals surface area contributed by atoms with Crippen molar-refractivity contribution in [3.8, 4) is 5.88 Å². The number of ether oxygens (including phenoxy) is 1. The van der Waals surface area contributed by atoms with Crippen molar-refractivity contribution in [3.63, 3.8) is 0 Å². The first kappa shape index (κ1) is 15.4. The zero-order valence-corrected chi connectivity index (χ0v) is 12.9. The van der Waals surface area contributed by atoms with Gasteiger partial charge in [-0.15, -0.1) is 0 Å². The van der Waals surface area contributed by atoms with Crippen molar-refractivity contribution in [2.24, 2.45) is 0 Å². The van der Waals surface area contributed by atoms with E-state index in [1.54, 1.807) is 12.1 Å².